The number of carbonyl (C=O) groups is 1. The number of hydrogen-bond acceptors (Lipinski definition) is 3. The van der Waals surface area contributed by atoms with Crippen molar-refractivity contribution in [2.75, 3.05) is 26.2 Å². The molecule has 0 spiro atoms. The van der Waals surface area contributed by atoms with Gasteiger partial charge in [-0.15, -0.1) is 11.3 Å². The van der Waals surface area contributed by atoms with E-state index in [9.17, 15) is 4.79 Å². The molecule has 26 heavy (non-hydrogen) atoms. The molecule has 1 N–H and O–H groups in total. The Morgan fingerprint density at radius 2 is 1.81 bits per heavy atom. The summed E-state index contributed by atoms with van der Waals surface area (Å²) >= 11 is 1.80. The molecular formula is C21H29N3OS. The second-order valence-corrected chi connectivity index (χ2v) is 8.63. The fourth-order valence-corrected chi connectivity index (χ4v) is 4.05. The number of hydrogen-bond donors (Lipinski definition) is 1. The van der Waals surface area contributed by atoms with Crippen molar-refractivity contribution in [1.82, 2.24) is 15.1 Å². The van der Waals surface area contributed by atoms with E-state index in [2.05, 4.69) is 72.8 Å². The molecule has 2 amide bonds. The molecule has 4 nitrogen and oxygen atoms in total. The van der Waals surface area contributed by atoms with Crippen LogP contribution in [0, 0.1) is 0 Å². The molecule has 1 aromatic heterocycles. The molecule has 0 aliphatic carbocycles. The van der Waals surface area contributed by atoms with Crippen LogP contribution in [0.5, 0.6) is 0 Å². The highest BCUT2D eigenvalue weighted by molar-refractivity contribution is 7.09. The van der Waals surface area contributed by atoms with Crippen LogP contribution in [0.1, 0.15) is 31.2 Å². The number of nitrogens with zero attached hydrogens (tertiary/aromatic N) is 2. The lowest BCUT2D eigenvalue weighted by atomic mass is 9.78. The zero-order valence-corrected chi connectivity index (χ0v) is 16.8. The predicted octanol–water partition coefficient (Wildman–Crippen LogP) is 3.94. The number of urea groups is 1. The molecule has 1 unspecified atom stereocenters. The van der Waals surface area contributed by atoms with Gasteiger partial charge in [0.2, 0.25) is 0 Å². The van der Waals surface area contributed by atoms with Crippen molar-refractivity contribution in [2.45, 2.75) is 38.8 Å². The first-order valence-electron chi connectivity index (χ1n) is 9.32. The lowest BCUT2D eigenvalue weighted by Gasteiger charge is -2.38. The predicted molar refractivity (Wildman–Crippen MR) is 109 cm³/mol. The van der Waals surface area contributed by atoms with E-state index in [1.54, 1.807) is 11.3 Å². The maximum absolute atomic E-state index is 12.7. The summed E-state index contributed by atoms with van der Waals surface area (Å²) in [6, 6.07) is 14.8. The third-order valence-corrected chi connectivity index (χ3v) is 6.42. The Labute approximate surface area is 160 Å². The van der Waals surface area contributed by atoms with Gasteiger partial charge in [0, 0.05) is 49.1 Å². The van der Waals surface area contributed by atoms with Crippen LogP contribution in [0.2, 0.25) is 0 Å². The van der Waals surface area contributed by atoms with Gasteiger partial charge in [-0.2, -0.15) is 0 Å². The van der Waals surface area contributed by atoms with Crippen molar-refractivity contribution < 1.29 is 4.79 Å². The van der Waals surface area contributed by atoms with Gasteiger partial charge in [0.1, 0.15) is 0 Å². The number of benzene rings is 1. The minimum absolute atomic E-state index is 0.0530. The molecule has 3 rings (SSSR count). The molecule has 5 heteroatoms. The summed E-state index contributed by atoms with van der Waals surface area (Å²) in [6.07, 6.45) is 0. The summed E-state index contributed by atoms with van der Waals surface area (Å²) in [7, 11) is 0. The molecule has 2 heterocycles. The minimum Gasteiger partial charge on any atom is -0.335 e. The monoisotopic (exact) mass is 371 g/mol. The van der Waals surface area contributed by atoms with E-state index < -0.39 is 0 Å². The molecule has 140 valence electrons. The minimum atomic E-state index is -0.113. The number of carbonyl (C=O) groups excluding carboxylic acids is 1. The molecular weight excluding hydrogens is 342 g/mol. The normalized spacial score (nSPS) is 17.1. The van der Waals surface area contributed by atoms with Crippen LogP contribution >= 0.6 is 11.3 Å². The first kappa shape index (κ1) is 18.9. The van der Waals surface area contributed by atoms with E-state index in [1.807, 2.05) is 11.0 Å². The van der Waals surface area contributed by atoms with E-state index in [0.29, 0.717) is 0 Å². The second kappa shape index (κ2) is 8.23. The van der Waals surface area contributed by atoms with Gasteiger partial charge in [-0.1, -0.05) is 50.2 Å². The van der Waals surface area contributed by atoms with Crippen LogP contribution in [0.4, 0.5) is 4.79 Å². The fourth-order valence-electron chi connectivity index (χ4n) is 3.31. The van der Waals surface area contributed by atoms with E-state index in [-0.39, 0.29) is 17.5 Å². The van der Waals surface area contributed by atoms with Crippen LogP contribution < -0.4 is 5.32 Å². The first-order valence-corrected chi connectivity index (χ1v) is 10.2. The van der Waals surface area contributed by atoms with Gasteiger partial charge >= 0.3 is 6.03 Å². The van der Waals surface area contributed by atoms with E-state index in [4.69, 9.17) is 0 Å². The number of nitrogens with one attached hydrogen (secondary N) is 1. The SMILES string of the molecule is CC(NC(=O)N1CCN(Cc2cccs2)CC1)C(C)(C)c1ccccc1. The summed E-state index contributed by atoms with van der Waals surface area (Å²) in [5, 5.41) is 5.34. The smallest absolute Gasteiger partial charge is 0.317 e. The van der Waals surface area contributed by atoms with Crippen molar-refractivity contribution in [3.05, 3.63) is 58.3 Å². The van der Waals surface area contributed by atoms with Gasteiger partial charge < -0.3 is 10.2 Å². The number of amides is 2. The van der Waals surface area contributed by atoms with Gasteiger partial charge in [0.05, 0.1) is 0 Å². The molecule has 0 bridgehead atoms. The van der Waals surface area contributed by atoms with Crippen LogP contribution in [-0.2, 0) is 12.0 Å². The summed E-state index contributed by atoms with van der Waals surface area (Å²) in [5.41, 5.74) is 1.13. The molecule has 2 aromatic rings. The Bertz CT molecular complexity index is 691. The Hall–Kier alpha value is -1.85. The third-order valence-electron chi connectivity index (χ3n) is 5.56. The Morgan fingerprint density at radius 3 is 2.42 bits per heavy atom. The van der Waals surface area contributed by atoms with Crippen molar-refractivity contribution in [1.29, 1.82) is 0 Å². The van der Waals surface area contributed by atoms with Crippen LogP contribution in [0.15, 0.2) is 47.8 Å². The number of thiophene rings is 1. The fraction of sp³-hybridized carbons (Fsp3) is 0.476. The van der Waals surface area contributed by atoms with Gasteiger partial charge in [-0.25, -0.2) is 4.79 Å². The van der Waals surface area contributed by atoms with Crippen LogP contribution in [0.3, 0.4) is 0 Å². The average Bonchev–Trinajstić information content (AvgIpc) is 3.16. The van der Waals surface area contributed by atoms with Crippen molar-refractivity contribution >= 4 is 17.4 Å². The molecule has 1 fully saturated rings. The van der Waals surface area contributed by atoms with Gasteiger partial charge in [0.15, 0.2) is 0 Å². The standard InChI is InChI=1S/C21H29N3OS/c1-17(21(2,3)18-8-5-4-6-9-18)22-20(25)24-13-11-23(12-14-24)16-19-10-7-15-26-19/h4-10,15,17H,11-14,16H2,1-3H3,(H,22,25). The van der Waals surface area contributed by atoms with Crippen molar-refractivity contribution in [3.8, 4) is 0 Å². The van der Waals surface area contributed by atoms with Crippen LogP contribution in [-0.4, -0.2) is 48.1 Å². The molecule has 1 aliphatic heterocycles. The summed E-state index contributed by atoms with van der Waals surface area (Å²) in [4.78, 5) is 18.5. The maximum atomic E-state index is 12.7. The molecule has 1 saturated heterocycles. The van der Waals surface area contributed by atoms with Crippen molar-refractivity contribution in [3.63, 3.8) is 0 Å². The summed E-state index contributed by atoms with van der Waals surface area (Å²) < 4.78 is 0. The molecule has 1 atom stereocenters. The number of rotatable bonds is 5. The summed E-state index contributed by atoms with van der Waals surface area (Å²) in [5.74, 6) is 0. The third kappa shape index (κ3) is 4.46. The van der Waals surface area contributed by atoms with Gasteiger partial charge in [-0.3, -0.25) is 4.90 Å². The Kier molecular flexibility index (Phi) is 5.99. The summed E-state index contributed by atoms with van der Waals surface area (Å²) in [6.45, 7) is 10.9. The zero-order chi connectivity index (χ0) is 18.6. The van der Waals surface area contributed by atoms with Crippen molar-refractivity contribution in [2.24, 2.45) is 0 Å². The molecule has 1 aromatic carbocycles. The van der Waals surface area contributed by atoms with Gasteiger partial charge in [0.25, 0.3) is 0 Å². The second-order valence-electron chi connectivity index (χ2n) is 7.60. The largest absolute Gasteiger partial charge is 0.335 e. The van der Waals surface area contributed by atoms with Crippen LogP contribution in [0.25, 0.3) is 0 Å². The number of piperazine rings is 1. The molecule has 0 saturated carbocycles. The Balaban J connectivity index is 1.51. The highest BCUT2D eigenvalue weighted by atomic mass is 32.1. The highest BCUT2D eigenvalue weighted by Gasteiger charge is 2.31. The maximum Gasteiger partial charge on any atom is 0.317 e. The van der Waals surface area contributed by atoms with Gasteiger partial charge in [-0.05, 0) is 23.9 Å². The average molecular weight is 372 g/mol. The topological polar surface area (TPSA) is 35.6 Å². The van der Waals surface area contributed by atoms with E-state index >= 15 is 0 Å². The van der Waals surface area contributed by atoms with E-state index in [1.165, 1.54) is 10.4 Å². The first-order chi connectivity index (χ1) is 12.5. The molecule has 1 aliphatic rings. The van der Waals surface area contributed by atoms with E-state index in [0.717, 1.165) is 32.7 Å². The zero-order valence-electron chi connectivity index (χ0n) is 15.9. The molecule has 0 radical (unpaired) electrons. The lowest BCUT2D eigenvalue weighted by molar-refractivity contribution is 0.132. The lowest BCUT2D eigenvalue weighted by Crippen LogP contribution is -2.55. The highest BCUT2D eigenvalue weighted by Crippen LogP contribution is 2.27. The Morgan fingerprint density at radius 1 is 1.12 bits per heavy atom. The quantitative estimate of drug-likeness (QED) is 0.864.